The zero-order chi connectivity index (χ0) is 16.3. The predicted octanol–water partition coefficient (Wildman–Crippen LogP) is 3.61. The first-order chi connectivity index (χ1) is 10.3. The minimum atomic E-state index is -3.92. The molecule has 0 saturated heterocycles. The quantitative estimate of drug-likeness (QED) is 0.665. The Morgan fingerprint density at radius 3 is 2.36 bits per heavy atom. The molecule has 8 heteroatoms. The van der Waals surface area contributed by atoms with Gasteiger partial charge in [0.2, 0.25) is 0 Å². The van der Waals surface area contributed by atoms with Crippen molar-refractivity contribution in [3.05, 3.63) is 63.2 Å². The number of sulfonamides is 1. The summed E-state index contributed by atoms with van der Waals surface area (Å²) in [4.78, 5) is 10.1. The van der Waals surface area contributed by atoms with E-state index in [1.165, 1.54) is 24.3 Å². The van der Waals surface area contributed by atoms with Gasteiger partial charge in [0.15, 0.2) is 0 Å². The van der Waals surface area contributed by atoms with Crippen molar-refractivity contribution in [1.82, 2.24) is 0 Å². The topological polar surface area (TPSA) is 89.3 Å². The van der Waals surface area contributed by atoms with Crippen molar-refractivity contribution in [3.8, 4) is 0 Å². The third kappa shape index (κ3) is 3.55. The van der Waals surface area contributed by atoms with Gasteiger partial charge in [-0.15, -0.1) is 0 Å². The number of aryl methyl sites for hydroxylation is 1. The largest absolute Gasteiger partial charge is 0.280 e. The van der Waals surface area contributed by atoms with E-state index in [4.69, 9.17) is 11.6 Å². The SMILES string of the molecule is CCc1ccc([N+](=O)[O-])cc1S(=O)(=O)Nc1ccc(Cl)cc1. The van der Waals surface area contributed by atoms with E-state index in [1.54, 1.807) is 19.1 Å². The Bertz CT molecular complexity index is 804. The number of nitrogens with zero attached hydrogens (tertiary/aromatic N) is 1. The maximum atomic E-state index is 12.5. The number of anilines is 1. The molecular weight excluding hydrogens is 328 g/mol. The summed E-state index contributed by atoms with van der Waals surface area (Å²) in [5.41, 5.74) is 0.568. The summed E-state index contributed by atoms with van der Waals surface area (Å²) in [7, 11) is -3.92. The number of nitro benzene ring substituents is 1. The van der Waals surface area contributed by atoms with Gasteiger partial charge in [0.1, 0.15) is 0 Å². The van der Waals surface area contributed by atoms with Crippen molar-refractivity contribution in [3.63, 3.8) is 0 Å². The van der Waals surface area contributed by atoms with Crippen LogP contribution in [0.4, 0.5) is 11.4 Å². The Kier molecular flexibility index (Phi) is 4.68. The van der Waals surface area contributed by atoms with Crippen molar-refractivity contribution in [2.24, 2.45) is 0 Å². The molecule has 2 rings (SSSR count). The van der Waals surface area contributed by atoms with Gasteiger partial charge in [0.25, 0.3) is 15.7 Å². The van der Waals surface area contributed by atoms with Crippen LogP contribution in [0.5, 0.6) is 0 Å². The molecule has 6 nitrogen and oxygen atoms in total. The predicted molar refractivity (Wildman–Crippen MR) is 84.7 cm³/mol. The molecule has 0 aliphatic carbocycles. The first-order valence-electron chi connectivity index (χ1n) is 6.39. The fraction of sp³-hybridized carbons (Fsp3) is 0.143. The Balaban J connectivity index is 2.45. The molecule has 0 aliphatic rings. The minimum absolute atomic E-state index is 0.0980. The Hall–Kier alpha value is -2.12. The number of non-ortho nitro benzene ring substituents is 1. The van der Waals surface area contributed by atoms with E-state index in [0.29, 0.717) is 22.7 Å². The summed E-state index contributed by atoms with van der Waals surface area (Å²) in [6.45, 7) is 1.78. The molecule has 0 unspecified atom stereocenters. The number of benzene rings is 2. The van der Waals surface area contributed by atoms with E-state index in [9.17, 15) is 18.5 Å². The molecule has 0 amide bonds. The van der Waals surface area contributed by atoms with Gasteiger partial charge in [0.05, 0.1) is 9.82 Å². The molecule has 1 N–H and O–H groups in total. The van der Waals surface area contributed by atoms with Crippen molar-refractivity contribution < 1.29 is 13.3 Å². The average molecular weight is 341 g/mol. The first kappa shape index (κ1) is 16.3. The number of halogens is 1. The first-order valence-corrected chi connectivity index (χ1v) is 8.25. The van der Waals surface area contributed by atoms with Crippen LogP contribution in [0, 0.1) is 10.1 Å². The van der Waals surface area contributed by atoms with Crippen LogP contribution in [-0.2, 0) is 16.4 Å². The molecule has 0 aromatic heterocycles. The molecule has 0 atom stereocenters. The second-order valence-electron chi connectivity index (χ2n) is 4.52. The van der Waals surface area contributed by atoms with Crippen molar-refractivity contribution >= 4 is 33.0 Å². The highest BCUT2D eigenvalue weighted by Gasteiger charge is 2.21. The summed E-state index contributed by atoms with van der Waals surface area (Å²) in [6.07, 6.45) is 0.439. The molecule has 2 aromatic carbocycles. The normalized spacial score (nSPS) is 11.2. The lowest BCUT2D eigenvalue weighted by molar-refractivity contribution is -0.385. The van der Waals surface area contributed by atoms with E-state index in [1.807, 2.05) is 0 Å². The van der Waals surface area contributed by atoms with Gasteiger partial charge in [-0.1, -0.05) is 24.6 Å². The van der Waals surface area contributed by atoms with Gasteiger partial charge in [0, 0.05) is 22.8 Å². The van der Waals surface area contributed by atoms with Gasteiger partial charge < -0.3 is 0 Å². The number of hydrogen-bond acceptors (Lipinski definition) is 4. The van der Waals surface area contributed by atoms with Gasteiger partial charge in [-0.25, -0.2) is 8.42 Å². The highest BCUT2D eigenvalue weighted by atomic mass is 35.5. The summed E-state index contributed by atoms with van der Waals surface area (Å²) < 4.78 is 27.3. The third-order valence-corrected chi connectivity index (χ3v) is 4.74. The monoisotopic (exact) mass is 340 g/mol. The van der Waals surface area contributed by atoms with Crippen LogP contribution in [0.2, 0.25) is 5.02 Å². The molecule has 0 fully saturated rings. The molecule has 0 heterocycles. The van der Waals surface area contributed by atoms with Crippen molar-refractivity contribution in [2.45, 2.75) is 18.2 Å². The van der Waals surface area contributed by atoms with Crippen LogP contribution in [-0.4, -0.2) is 13.3 Å². The summed E-state index contributed by atoms with van der Waals surface area (Å²) in [6, 6.07) is 9.94. The molecule has 0 aliphatic heterocycles. The molecular formula is C14H13ClN2O4S. The fourth-order valence-corrected chi connectivity index (χ4v) is 3.44. The van der Waals surface area contributed by atoms with Crippen LogP contribution in [0.3, 0.4) is 0 Å². The maximum Gasteiger partial charge on any atom is 0.270 e. The molecule has 2 aromatic rings. The second-order valence-corrected chi connectivity index (χ2v) is 6.60. The average Bonchev–Trinajstić information content (AvgIpc) is 2.48. The highest BCUT2D eigenvalue weighted by Crippen LogP contribution is 2.25. The minimum Gasteiger partial charge on any atom is -0.280 e. The molecule has 0 saturated carbocycles. The van der Waals surface area contributed by atoms with E-state index in [-0.39, 0.29) is 10.6 Å². The number of rotatable bonds is 5. The van der Waals surface area contributed by atoms with Crippen molar-refractivity contribution in [2.75, 3.05) is 4.72 Å². The van der Waals surface area contributed by atoms with E-state index < -0.39 is 14.9 Å². The van der Waals surface area contributed by atoms with Gasteiger partial charge in [-0.2, -0.15) is 0 Å². The second kappa shape index (κ2) is 6.33. The van der Waals surface area contributed by atoms with E-state index >= 15 is 0 Å². The van der Waals surface area contributed by atoms with Crippen LogP contribution < -0.4 is 4.72 Å². The lowest BCUT2D eigenvalue weighted by atomic mass is 10.1. The summed E-state index contributed by atoms with van der Waals surface area (Å²) >= 11 is 5.75. The molecule has 22 heavy (non-hydrogen) atoms. The lowest BCUT2D eigenvalue weighted by Gasteiger charge is -2.11. The van der Waals surface area contributed by atoms with Crippen LogP contribution >= 0.6 is 11.6 Å². The Morgan fingerprint density at radius 1 is 1.18 bits per heavy atom. The van der Waals surface area contributed by atoms with Crippen molar-refractivity contribution in [1.29, 1.82) is 0 Å². The summed E-state index contributed by atoms with van der Waals surface area (Å²) in [5, 5.41) is 11.3. The Labute approximate surface area is 132 Å². The lowest BCUT2D eigenvalue weighted by Crippen LogP contribution is -2.15. The molecule has 116 valence electrons. The molecule has 0 spiro atoms. The van der Waals surface area contributed by atoms with Gasteiger partial charge in [-0.05, 0) is 36.2 Å². The third-order valence-electron chi connectivity index (χ3n) is 3.03. The fourth-order valence-electron chi connectivity index (χ4n) is 1.93. The van der Waals surface area contributed by atoms with Gasteiger partial charge in [-0.3, -0.25) is 14.8 Å². The van der Waals surface area contributed by atoms with Crippen LogP contribution in [0.15, 0.2) is 47.4 Å². The zero-order valence-electron chi connectivity index (χ0n) is 11.6. The van der Waals surface area contributed by atoms with Crippen LogP contribution in [0.1, 0.15) is 12.5 Å². The van der Waals surface area contributed by atoms with E-state index in [2.05, 4.69) is 4.72 Å². The Morgan fingerprint density at radius 2 is 1.82 bits per heavy atom. The van der Waals surface area contributed by atoms with E-state index in [0.717, 1.165) is 6.07 Å². The number of nitrogens with one attached hydrogen (secondary N) is 1. The molecule has 0 radical (unpaired) electrons. The smallest absolute Gasteiger partial charge is 0.270 e. The molecule has 0 bridgehead atoms. The number of nitro groups is 1. The number of hydrogen-bond donors (Lipinski definition) is 1. The zero-order valence-corrected chi connectivity index (χ0v) is 13.2. The van der Waals surface area contributed by atoms with Crippen LogP contribution in [0.25, 0.3) is 0 Å². The standard InChI is InChI=1S/C14H13ClN2O4S/c1-2-10-3-8-13(17(18)19)9-14(10)22(20,21)16-12-6-4-11(15)5-7-12/h3-9,16H,2H2,1H3. The maximum absolute atomic E-state index is 12.5. The highest BCUT2D eigenvalue weighted by molar-refractivity contribution is 7.92. The van der Waals surface area contributed by atoms with Gasteiger partial charge >= 0.3 is 0 Å². The summed E-state index contributed by atoms with van der Waals surface area (Å²) in [5.74, 6) is 0.